The average Bonchev–Trinajstić information content (AvgIpc) is 2.55. The summed E-state index contributed by atoms with van der Waals surface area (Å²) in [6.07, 6.45) is 2.64. The number of nitrogens with zero attached hydrogens (tertiary/aromatic N) is 1. The summed E-state index contributed by atoms with van der Waals surface area (Å²) in [5.74, 6) is 0.952. The first-order valence-electron chi connectivity index (χ1n) is 7.21. The summed E-state index contributed by atoms with van der Waals surface area (Å²) in [6.45, 7) is 0.657. The lowest BCUT2D eigenvalue weighted by Crippen LogP contribution is -2.49. The Morgan fingerprint density at radius 1 is 1.29 bits per heavy atom. The molecule has 0 N–H and O–H groups in total. The lowest BCUT2D eigenvalue weighted by atomic mass is 10.0. The van der Waals surface area contributed by atoms with Crippen molar-refractivity contribution < 1.29 is 14.3 Å². The summed E-state index contributed by atoms with van der Waals surface area (Å²) in [7, 11) is 1.38. The molecule has 1 aliphatic rings. The first-order valence-corrected chi connectivity index (χ1v) is 8.37. The number of thioether (sulfide) groups is 1. The minimum absolute atomic E-state index is 0.0334. The van der Waals surface area contributed by atoms with Gasteiger partial charge in [-0.2, -0.15) is 0 Å². The molecule has 1 amide bonds. The Balaban J connectivity index is 1.84. The summed E-state index contributed by atoms with van der Waals surface area (Å²) in [4.78, 5) is 25.8. The Kier molecular flexibility index (Phi) is 6.11. The predicted molar refractivity (Wildman–Crippen MR) is 84.0 cm³/mol. The molecule has 0 spiro atoms. The van der Waals surface area contributed by atoms with Crippen molar-refractivity contribution in [3.05, 3.63) is 35.9 Å². The molecule has 0 bridgehead atoms. The van der Waals surface area contributed by atoms with E-state index in [1.54, 1.807) is 16.7 Å². The van der Waals surface area contributed by atoms with Gasteiger partial charge in [0, 0.05) is 12.3 Å². The number of amides is 1. The maximum Gasteiger partial charge on any atom is 0.328 e. The van der Waals surface area contributed by atoms with E-state index in [1.807, 2.05) is 18.2 Å². The number of methoxy groups -OCH3 is 1. The second-order valence-corrected chi connectivity index (χ2v) is 6.09. The SMILES string of the molecule is COC(=O)C1CCCCN1C(=O)CSCc1ccccc1. The molecule has 5 heteroatoms. The summed E-state index contributed by atoms with van der Waals surface area (Å²) >= 11 is 1.59. The third-order valence-corrected chi connectivity index (χ3v) is 4.62. The molecule has 21 heavy (non-hydrogen) atoms. The van der Waals surface area contributed by atoms with Crippen LogP contribution in [0.4, 0.5) is 0 Å². The average molecular weight is 307 g/mol. The first kappa shape index (κ1) is 15.9. The molecule has 1 aromatic carbocycles. The van der Waals surface area contributed by atoms with Gasteiger partial charge in [-0.05, 0) is 24.8 Å². The minimum atomic E-state index is -0.395. The van der Waals surface area contributed by atoms with Gasteiger partial charge in [0.15, 0.2) is 0 Å². The Morgan fingerprint density at radius 2 is 2.05 bits per heavy atom. The number of esters is 1. The Labute approximate surface area is 129 Å². The van der Waals surface area contributed by atoms with Gasteiger partial charge in [0.2, 0.25) is 5.91 Å². The van der Waals surface area contributed by atoms with Crippen LogP contribution in [0.5, 0.6) is 0 Å². The van der Waals surface area contributed by atoms with E-state index in [0.717, 1.165) is 18.6 Å². The molecular weight excluding hydrogens is 286 g/mol. The molecule has 0 saturated carbocycles. The molecule has 1 aliphatic heterocycles. The summed E-state index contributed by atoms with van der Waals surface area (Å²) in [6, 6.07) is 9.68. The zero-order chi connectivity index (χ0) is 15.1. The fourth-order valence-corrected chi connectivity index (χ4v) is 3.40. The summed E-state index contributed by atoms with van der Waals surface area (Å²) < 4.78 is 4.80. The van der Waals surface area contributed by atoms with E-state index in [2.05, 4.69) is 12.1 Å². The highest BCUT2D eigenvalue weighted by molar-refractivity contribution is 7.99. The van der Waals surface area contributed by atoms with Crippen molar-refractivity contribution in [3.8, 4) is 0 Å². The van der Waals surface area contributed by atoms with Crippen molar-refractivity contribution in [1.29, 1.82) is 0 Å². The van der Waals surface area contributed by atoms with Gasteiger partial charge < -0.3 is 9.64 Å². The van der Waals surface area contributed by atoms with Crippen LogP contribution in [-0.4, -0.2) is 42.2 Å². The van der Waals surface area contributed by atoms with Crippen molar-refractivity contribution in [2.45, 2.75) is 31.1 Å². The van der Waals surface area contributed by atoms with Crippen LogP contribution in [0.15, 0.2) is 30.3 Å². The second-order valence-electron chi connectivity index (χ2n) is 5.10. The van der Waals surface area contributed by atoms with E-state index in [0.29, 0.717) is 18.7 Å². The Morgan fingerprint density at radius 3 is 2.76 bits per heavy atom. The highest BCUT2D eigenvalue weighted by atomic mass is 32.2. The maximum absolute atomic E-state index is 12.3. The van der Waals surface area contributed by atoms with Crippen LogP contribution in [0.25, 0.3) is 0 Å². The predicted octanol–water partition coefficient (Wildman–Crippen LogP) is 2.47. The van der Waals surface area contributed by atoms with Crippen LogP contribution in [0.1, 0.15) is 24.8 Å². The van der Waals surface area contributed by atoms with Gasteiger partial charge in [-0.3, -0.25) is 4.79 Å². The smallest absolute Gasteiger partial charge is 0.328 e. The number of piperidine rings is 1. The molecule has 0 aliphatic carbocycles. The molecule has 1 heterocycles. The first-order chi connectivity index (χ1) is 10.2. The normalized spacial score (nSPS) is 18.3. The summed E-state index contributed by atoms with van der Waals surface area (Å²) in [5, 5.41) is 0. The van der Waals surface area contributed by atoms with Crippen LogP contribution in [0, 0.1) is 0 Å². The van der Waals surface area contributed by atoms with E-state index in [-0.39, 0.29) is 11.9 Å². The maximum atomic E-state index is 12.3. The van der Waals surface area contributed by atoms with E-state index in [1.165, 1.54) is 12.7 Å². The standard InChI is InChI=1S/C16H21NO3S/c1-20-16(19)14-9-5-6-10-17(14)15(18)12-21-11-13-7-3-2-4-8-13/h2-4,7-8,14H,5-6,9-12H2,1H3. The number of carbonyl (C=O) groups is 2. The fraction of sp³-hybridized carbons (Fsp3) is 0.500. The van der Waals surface area contributed by atoms with Crippen molar-refractivity contribution >= 4 is 23.6 Å². The van der Waals surface area contributed by atoms with Gasteiger partial charge in [-0.25, -0.2) is 4.79 Å². The molecule has 1 aromatic rings. The largest absolute Gasteiger partial charge is 0.467 e. The minimum Gasteiger partial charge on any atom is -0.467 e. The zero-order valence-corrected chi connectivity index (χ0v) is 13.1. The van der Waals surface area contributed by atoms with Crippen LogP contribution in [-0.2, 0) is 20.1 Å². The molecule has 1 fully saturated rings. The molecule has 0 aromatic heterocycles. The number of benzene rings is 1. The van der Waals surface area contributed by atoms with Gasteiger partial charge in [-0.15, -0.1) is 11.8 Å². The van der Waals surface area contributed by atoms with Gasteiger partial charge >= 0.3 is 5.97 Å². The molecule has 1 atom stereocenters. The third kappa shape index (κ3) is 4.49. The van der Waals surface area contributed by atoms with Gasteiger partial charge in [-0.1, -0.05) is 30.3 Å². The molecule has 114 valence electrons. The van der Waals surface area contributed by atoms with Crippen molar-refractivity contribution in [1.82, 2.24) is 4.90 Å². The molecule has 1 unspecified atom stereocenters. The van der Waals surface area contributed by atoms with Crippen molar-refractivity contribution in [3.63, 3.8) is 0 Å². The molecule has 0 radical (unpaired) electrons. The number of rotatable bonds is 5. The number of likely N-dealkylation sites (tertiary alicyclic amines) is 1. The zero-order valence-electron chi connectivity index (χ0n) is 12.3. The van der Waals surface area contributed by atoms with Crippen molar-refractivity contribution in [2.24, 2.45) is 0 Å². The number of carbonyl (C=O) groups excluding carboxylic acids is 2. The highest BCUT2D eigenvalue weighted by Crippen LogP contribution is 2.20. The summed E-state index contributed by atoms with van der Waals surface area (Å²) in [5.41, 5.74) is 1.21. The van der Waals surface area contributed by atoms with E-state index >= 15 is 0 Å². The lowest BCUT2D eigenvalue weighted by Gasteiger charge is -2.33. The molecule has 4 nitrogen and oxygen atoms in total. The van der Waals surface area contributed by atoms with Crippen molar-refractivity contribution in [2.75, 3.05) is 19.4 Å². The van der Waals surface area contributed by atoms with Crippen LogP contribution in [0.2, 0.25) is 0 Å². The highest BCUT2D eigenvalue weighted by Gasteiger charge is 2.32. The van der Waals surface area contributed by atoms with Gasteiger partial charge in [0.25, 0.3) is 0 Å². The Bertz CT molecular complexity index is 478. The molecular formula is C16H21NO3S. The van der Waals surface area contributed by atoms with Crippen LogP contribution in [0.3, 0.4) is 0 Å². The van der Waals surface area contributed by atoms with Gasteiger partial charge in [0.05, 0.1) is 12.9 Å². The fourth-order valence-electron chi connectivity index (χ4n) is 2.52. The molecule has 1 saturated heterocycles. The quantitative estimate of drug-likeness (QED) is 0.784. The van der Waals surface area contributed by atoms with Crippen LogP contribution < -0.4 is 0 Å². The topological polar surface area (TPSA) is 46.6 Å². The monoisotopic (exact) mass is 307 g/mol. The second kappa shape index (κ2) is 8.08. The van der Waals surface area contributed by atoms with E-state index in [4.69, 9.17) is 4.74 Å². The van der Waals surface area contributed by atoms with Gasteiger partial charge in [0.1, 0.15) is 6.04 Å². The van der Waals surface area contributed by atoms with E-state index in [9.17, 15) is 9.59 Å². The number of hydrogen-bond acceptors (Lipinski definition) is 4. The number of hydrogen-bond donors (Lipinski definition) is 0. The van der Waals surface area contributed by atoms with E-state index < -0.39 is 6.04 Å². The Hall–Kier alpha value is -1.49. The molecule has 2 rings (SSSR count). The van der Waals surface area contributed by atoms with Crippen LogP contribution >= 0.6 is 11.8 Å². The number of ether oxygens (including phenoxy) is 1. The third-order valence-electron chi connectivity index (χ3n) is 3.63. The lowest BCUT2D eigenvalue weighted by molar-refractivity contribution is -0.153.